The molecule has 0 aliphatic carbocycles. The van der Waals surface area contributed by atoms with Crippen molar-refractivity contribution in [2.45, 2.75) is 27.2 Å². The monoisotopic (exact) mass is 445 g/mol. The van der Waals surface area contributed by atoms with E-state index in [-0.39, 0.29) is 5.91 Å². The maximum Gasteiger partial charge on any atom is 0.266 e. The van der Waals surface area contributed by atoms with Crippen molar-refractivity contribution < 1.29 is 9.53 Å². The van der Waals surface area contributed by atoms with Crippen LogP contribution in [-0.4, -0.2) is 34.2 Å². The Labute approximate surface area is 193 Å². The van der Waals surface area contributed by atoms with Gasteiger partial charge >= 0.3 is 0 Å². The van der Waals surface area contributed by atoms with Crippen LogP contribution in [0.25, 0.3) is 11.8 Å². The molecule has 1 aliphatic rings. The number of benzene rings is 2. The van der Waals surface area contributed by atoms with Gasteiger partial charge in [-0.25, -0.2) is 4.99 Å². The first-order valence-corrected chi connectivity index (χ1v) is 11.5. The van der Waals surface area contributed by atoms with E-state index in [9.17, 15) is 4.79 Å². The number of para-hydroxylation sites is 1. The van der Waals surface area contributed by atoms with Gasteiger partial charge in [-0.3, -0.25) is 9.69 Å². The Morgan fingerprint density at radius 3 is 2.44 bits per heavy atom. The second-order valence-electron chi connectivity index (χ2n) is 7.66. The summed E-state index contributed by atoms with van der Waals surface area (Å²) in [6.07, 6.45) is 2.87. The number of ether oxygens (including phenoxy) is 1. The summed E-state index contributed by atoms with van der Waals surface area (Å²) >= 11 is 1.44. The molecule has 1 saturated heterocycles. The van der Waals surface area contributed by atoms with Crippen molar-refractivity contribution in [3.8, 4) is 11.4 Å². The smallest absolute Gasteiger partial charge is 0.266 e. The standard InChI is InChI=1S/C26H27N3O2S/c1-5-15-28-25(30)24(32-26(28)27-21-9-7-6-8-10-21)17-20-16-18(2)29(19(20)3)22-11-13-23(31-4)14-12-22/h6-14,16-17H,5,15H2,1-4H3/b24-17-,27-26?. The molecule has 2 heterocycles. The SMILES string of the molecule is CCCN1C(=O)/C(=C/c2cc(C)n(-c3ccc(OC)cc3)c2C)SC1=Nc1ccccc1. The Morgan fingerprint density at radius 1 is 1.06 bits per heavy atom. The van der Waals surface area contributed by atoms with Crippen molar-refractivity contribution in [2.75, 3.05) is 13.7 Å². The van der Waals surface area contributed by atoms with E-state index in [1.165, 1.54) is 11.8 Å². The molecule has 0 bridgehead atoms. The lowest BCUT2D eigenvalue weighted by Gasteiger charge is -2.13. The van der Waals surface area contributed by atoms with Gasteiger partial charge in [0.2, 0.25) is 0 Å². The van der Waals surface area contributed by atoms with Crippen LogP contribution in [0.3, 0.4) is 0 Å². The molecule has 1 aliphatic heterocycles. The molecular weight excluding hydrogens is 418 g/mol. The minimum absolute atomic E-state index is 0.0146. The number of amides is 1. The lowest BCUT2D eigenvalue weighted by Crippen LogP contribution is -2.29. The highest BCUT2D eigenvalue weighted by molar-refractivity contribution is 8.18. The van der Waals surface area contributed by atoms with Crippen molar-refractivity contribution >= 4 is 34.6 Å². The number of amidine groups is 1. The van der Waals surface area contributed by atoms with Gasteiger partial charge in [-0.15, -0.1) is 0 Å². The summed E-state index contributed by atoms with van der Waals surface area (Å²) in [6, 6.07) is 19.9. The number of carbonyl (C=O) groups excluding carboxylic acids is 1. The Morgan fingerprint density at radius 2 is 1.78 bits per heavy atom. The number of aliphatic imine (C=N–C) groups is 1. The topological polar surface area (TPSA) is 46.8 Å². The highest BCUT2D eigenvalue weighted by Crippen LogP contribution is 2.35. The molecule has 0 unspecified atom stereocenters. The van der Waals surface area contributed by atoms with E-state index in [2.05, 4.69) is 31.4 Å². The molecule has 4 rings (SSSR count). The summed E-state index contributed by atoms with van der Waals surface area (Å²) in [6.45, 7) is 6.88. The first-order valence-electron chi connectivity index (χ1n) is 10.7. The molecule has 1 fully saturated rings. The number of aromatic nitrogens is 1. The zero-order valence-corrected chi connectivity index (χ0v) is 19.6. The van der Waals surface area contributed by atoms with Crippen LogP contribution in [-0.2, 0) is 4.79 Å². The van der Waals surface area contributed by atoms with Crippen molar-refractivity contribution in [2.24, 2.45) is 4.99 Å². The van der Waals surface area contributed by atoms with Gasteiger partial charge in [0.25, 0.3) is 5.91 Å². The number of hydrogen-bond acceptors (Lipinski definition) is 4. The Hall–Kier alpha value is -3.25. The number of nitrogens with zero attached hydrogens (tertiary/aromatic N) is 3. The van der Waals surface area contributed by atoms with Gasteiger partial charge in [-0.2, -0.15) is 0 Å². The quantitative estimate of drug-likeness (QED) is 0.430. The first kappa shape index (κ1) is 22.0. The number of rotatable bonds is 6. The molecule has 164 valence electrons. The summed E-state index contributed by atoms with van der Waals surface area (Å²) in [4.78, 5) is 20.4. The average Bonchev–Trinajstić information content (AvgIpc) is 3.25. The second kappa shape index (κ2) is 9.49. The van der Waals surface area contributed by atoms with Crippen LogP contribution in [0.1, 0.15) is 30.3 Å². The zero-order chi connectivity index (χ0) is 22.7. The van der Waals surface area contributed by atoms with Crippen molar-refractivity contribution in [1.29, 1.82) is 0 Å². The van der Waals surface area contributed by atoms with Crippen molar-refractivity contribution in [3.63, 3.8) is 0 Å². The van der Waals surface area contributed by atoms with E-state index >= 15 is 0 Å². The van der Waals surface area contributed by atoms with Crippen LogP contribution in [0, 0.1) is 13.8 Å². The molecule has 2 aromatic carbocycles. The molecule has 0 N–H and O–H groups in total. The average molecular weight is 446 g/mol. The number of hydrogen-bond donors (Lipinski definition) is 0. The van der Waals surface area contributed by atoms with E-state index in [1.54, 1.807) is 12.0 Å². The third-order valence-electron chi connectivity index (χ3n) is 5.40. The lowest BCUT2D eigenvalue weighted by atomic mass is 10.2. The van der Waals surface area contributed by atoms with Gasteiger partial charge in [0, 0.05) is 23.6 Å². The highest BCUT2D eigenvalue weighted by atomic mass is 32.2. The molecule has 0 spiro atoms. The molecule has 1 amide bonds. The van der Waals surface area contributed by atoms with E-state index in [4.69, 9.17) is 9.73 Å². The summed E-state index contributed by atoms with van der Waals surface area (Å²) in [7, 11) is 1.67. The minimum atomic E-state index is 0.0146. The summed E-state index contributed by atoms with van der Waals surface area (Å²) < 4.78 is 7.47. The minimum Gasteiger partial charge on any atom is -0.497 e. The molecule has 5 nitrogen and oxygen atoms in total. The van der Waals surface area contributed by atoms with E-state index in [0.717, 1.165) is 45.7 Å². The van der Waals surface area contributed by atoms with Gasteiger partial charge in [0.05, 0.1) is 17.7 Å². The number of carbonyl (C=O) groups is 1. The van der Waals surface area contributed by atoms with Gasteiger partial charge < -0.3 is 9.30 Å². The Kier molecular flexibility index (Phi) is 6.51. The fourth-order valence-electron chi connectivity index (χ4n) is 3.83. The Bertz CT molecular complexity index is 1180. The van der Waals surface area contributed by atoms with Crippen LogP contribution in [0.2, 0.25) is 0 Å². The fraction of sp³-hybridized carbons (Fsp3) is 0.231. The fourth-order valence-corrected chi connectivity index (χ4v) is 4.84. The van der Waals surface area contributed by atoms with Gasteiger partial charge in [0.15, 0.2) is 5.17 Å². The predicted octanol–water partition coefficient (Wildman–Crippen LogP) is 6.12. The van der Waals surface area contributed by atoms with Gasteiger partial charge in [-0.1, -0.05) is 25.1 Å². The third kappa shape index (κ3) is 4.36. The molecule has 0 atom stereocenters. The lowest BCUT2D eigenvalue weighted by molar-refractivity contribution is -0.122. The summed E-state index contributed by atoms with van der Waals surface area (Å²) in [5.41, 5.74) is 5.15. The molecule has 0 radical (unpaired) electrons. The van der Waals surface area contributed by atoms with Crippen molar-refractivity contribution in [1.82, 2.24) is 9.47 Å². The number of aryl methyl sites for hydroxylation is 1. The van der Waals surface area contributed by atoms with Crippen LogP contribution >= 0.6 is 11.8 Å². The molecule has 1 aromatic heterocycles. The van der Waals surface area contributed by atoms with E-state index in [0.29, 0.717) is 11.4 Å². The molecule has 0 saturated carbocycles. The molecule has 3 aromatic rings. The van der Waals surface area contributed by atoms with Crippen LogP contribution in [0.4, 0.5) is 5.69 Å². The van der Waals surface area contributed by atoms with E-state index < -0.39 is 0 Å². The normalized spacial score (nSPS) is 16.4. The van der Waals surface area contributed by atoms with Crippen LogP contribution in [0.15, 0.2) is 70.6 Å². The second-order valence-corrected chi connectivity index (χ2v) is 8.67. The third-order valence-corrected chi connectivity index (χ3v) is 6.41. The zero-order valence-electron chi connectivity index (χ0n) is 18.8. The van der Waals surface area contributed by atoms with Crippen molar-refractivity contribution in [3.05, 3.63) is 82.5 Å². The van der Waals surface area contributed by atoms with E-state index in [1.807, 2.05) is 60.7 Å². The molecule has 32 heavy (non-hydrogen) atoms. The largest absolute Gasteiger partial charge is 0.497 e. The maximum absolute atomic E-state index is 13.2. The molecular formula is C26H27N3O2S. The van der Waals surface area contributed by atoms with Gasteiger partial charge in [0.1, 0.15) is 5.75 Å². The number of methoxy groups -OCH3 is 1. The first-order chi connectivity index (χ1) is 15.5. The van der Waals surface area contributed by atoms with Crippen LogP contribution in [0.5, 0.6) is 5.75 Å². The van der Waals surface area contributed by atoms with Gasteiger partial charge in [-0.05, 0) is 86.1 Å². The van der Waals surface area contributed by atoms with Crippen LogP contribution < -0.4 is 4.74 Å². The maximum atomic E-state index is 13.2. The molecule has 6 heteroatoms. The highest BCUT2D eigenvalue weighted by Gasteiger charge is 2.33. The Balaban J connectivity index is 1.69. The predicted molar refractivity (Wildman–Crippen MR) is 133 cm³/mol. The summed E-state index contributed by atoms with van der Waals surface area (Å²) in [5, 5.41) is 0.735. The number of thioether (sulfide) groups is 1. The summed E-state index contributed by atoms with van der Waals surface area (Å²) in [5.74, 6) is 0.841.